The first-order valence-corrected chi connectivity index (χ1v) is 6.57. The van der Waals surface area contributed by atoms with E-state index in [1.54, 1.807) is 12.4 Å². The van der Waals surface area contributed by atoms with Crippen molar-refractivity contribution in [2.75, 3.05) is 6.54 Å². The first-order valence-electron chi connectivity index (χ1n) is 6.57. The third kappa shape index (κ3) is 3.28. The molecule has 0 unspecified atom stereocenters. The number of nitrogens with zero attached hydrogens (tertiary/aromatic N) is 2. The van der Waals surface area contributed by atoms with E-state index in [2.05, 4.69) is 29.1 Å². The number of rotatable bonds is 4. The standard InChI is InChI=1S/C15H19N3O/c1-10(2)4-7-17-15(19)13-8-12-9-16-6-5-14(12)18-11(13)3/h5-6,8-10H,4,7H2,1-3H3,(H,17,19). The number of carbonyl (C=O) groups excluding carboxylic acids is 1. The van der Waals surface area contributed by atoms with Crippen LogP contribution in [0.5, 0.6) is 0 Å². The summed E-state index contributed by atoms with van der Waals surface area (Å²) in [5.74, 6) is 0.525. The normalized spacial score (nSPS) is 10.9. The predicted molar refractivity (Wildman–Crippen MR) is 76.1 cm³/mol. The number of fused-ring (bicyclic) bond motifs is 1. The fourth-order valence-electron chi connectivity index (χ4n) is 1.91. The number of aromatic nitrogens is 2. The van der Waals surface area contributed by atoms with Gasteiger partial charge in [-0.1, -0.05) is 13.8 Å². The van der Waals surface area contributed by atoms with E-state index in [0.29, 0.717) is 18.0 Å². The molecule has 0 saturated heterocycles. The lowest BCUT2D eigenvalue weighted by Gasteiger charge is -2.09. The lowest BCUT2D eigenvalue weighted by atomic mass is 10.1. The van der Waals surface area contributed by atoms with Crippen LogP contribution in [0.4, 0.5) is 0 Å². The van der Waals surface area contributed by atoms with Gasteiger partial charge in [0.25, 0.3) is 5.91 Å². The summed E-state index contributed by atoms with van der Waals surface area (Å²) >= 11 is 0. The van der Waals surface area contributed by atoms with E-state index in [1.165, 1.54) is 0 Å². The number of nitrogens with one attached hydrogen (secondary N) is 1. The van der Waals surface area contributed by atoms with Crippen LogP contribution < -0.4 is 5.32 Å². The van der Waals surface area contributed by atoms with Gasteiger partial charge in [-0.3, -0.25) is 14.8 Å². The van der Waals surface area contributed by atoms with Gasteiger partial charge in [0.15, 0.2) is 0 Å². The Labute approximate surface area is 113 Å². The smallest absolute Gasteiger partial charge is 0.253 e. The third-order valence-corrected chi connectivity index (χ3v) is 3.06. The van der Waals surface area contributed by atoms with Gasteiger partial charge in [0.05, 0.1) is 16.8 Å². The van der Waals surface area contributed by atoms with E-state index >= 15 is 0 Å². The number of aryl methyl sites for hydroxylation is 1. The van der Waals surface area contributed by atoms with Crippen LogP contribution in [0.1, 0.15) is 36.3 Å². The molecule has 0 radical (unpaired) electrons. The van der Waals surface area contributed by atoms with Crippen LogP contribution in [-0.4, -0.2) is 22.4 Å². The Bertz CT molecular complexity index is 593. The molecule has 1 N–H and O–H groups in total. The molecule has 0 aliphatic heterocycles. The summed E-state index contributed by atoms with van der Waals surface area (Å²) < 4.78 is 0. The van der Waals surface area contributed by atoms with E-state index in [1.807, 2.05) is 19.1 Å². The Kier molecular flexibility index (Phi) is 4.10. The molecule has 19 heavy (non-hydrogen) atoms. The maximum Gasteiger partial charge on any atom is 0.253 e. The lowest BCUT2D eigenvalue weighted by Crippen LogP contribution is -2.26. The van der Waals surface area contributed by atoms with E-state index in [0.717, 1.165) is 23.0 Å². The summed E-state index contributed by atoms with van der Waals surface area (Å²) in [6, 6.07) is 3.71. The second kappa shape index (κ2) is 5.78. The minimum atomic E-state index is -0.0589. The molecule has 2 rings (SSSR count). The van der Waals surface area contributed by atoms with Gasteiger partial charge in [-0.2, -0.15) is 0 Å². The predicted octanol–water partition coefficient (Wildman–Crippen LogP) is 2.71. The zero-order valence-electron chi connectivity index (χ0n) is 11.6. The summed E-state index contributed by atoms with van der Waals surface area (Å²) in [6.45, 7) is 6.83. The molecular weight excluding hydrogens is 238 g/mol. The van der Waals surface area contributed by atoms with Gasteiger partial charge in [-0.25, -0.2) is 0 Å². The van der Waals surface area contributed by atoms with Gasteiger partial charge in [0.2, 0.25) is 0 Å². The summed E-state index contributed by atoms with van der Waals surface area (Å²) in [4.78, 5) is 20.6. The van der Waals surface area contributed by atoms with Crippen molar-refractivity contribution in [3.05, 3.63) is 35.8 Å². The van der Waals surface area contributed by atoms with Gasteiger partial charge >= 0.3 is 0 Å². The molecule has 0 aliphatic carbocycles. The van der Waals surface area contributed by atoms with Crippen molar-refractivity contribution in [2.24, 2.45) is 5.92 Å². The molecule has 2 heterocycles. The highest BCUT2D eigenvalue weighted by Crippen LogP contribution is 2.15. The molecule has 0 fully saturated rings. The molecule has 0 aliphatic rings. The molecular formula is C15H19N3O. The van der Waals surface area contributed by atoms with Crippen molar-refractivity contribution in [1.29, 1.82) is 0 Å². The highest BCUT2D eigenvalue weighted by atomic mass is 16.1. The van der Waals surface area contributed by atoms with Crippen LogP contribution in [0.25, 0.3) is 10.9 Å². The number of hydrogen-bond donors (Lipinski definition) is 1. The molecule has 0 atom stereocenters. The summed E-state index contributed by atoms with van der Waals surface area (Å²) in [7, 11) is 0. The Morgan fingerprint density at radius 3 is 2.95 bits per heavy atom. The largest absolute Gasteiger partial charge is 0.352 e. The molecule has 4 nitrogen and oxygen atoms in total. The average Bonchev–Trinajstić information content (AvgIpc) is 2.37. The number of hydrogen-bond acceptors (Lipinski definition) is 3. The molecule has 0 saturated carbocycles. The Morgan fingerprint density at radius 1 is 1.42 bits per heavy atom. The van der Waals surface area contributed by atoms with E-state index in [9.17, 15) is 4.79 Å². The number of amides is 1. The minimum Gasteiger partial charge on any atom is -0.352 e. The summed E-state index contributed by atoms with van der Waals surface area (Å²) in [5.41, 5.74) is 2.25. The zero-order chi connectivity index (χ0) is 13.8. The van der Waals surface area contributed by atoms with Crippen molar-refractivity contribution in [2.45, 2.75) is 27.2 Å². The number of pyridine rings is 2. The van der Waals surface area contributed by atoms with E-state index < -0.39 is 0 Å². The number of carbonyl (C=O) groups is 1. The quantitative estimate of drug-likeness (QED) is 0.916. The fraction of sp³-hybridized carbons (Fsp3) is 0.400. The van der Waals surface area contributed by atoms with Crippen LogP contribution in [0.3, 0.4) is 0 Å². The maximum atomic E-state index is 12.1. The van der Waals surface area contributed by atoms with Crippen LogP contribution in [-0.2, 0) is 0 Å². The van der Waals surface area contributed by atoms with Crippen molar-refractivity contribution in [3.63, 3.8) is 0 Å². The Morgan fingerprint density at radius 2 is 2.21 bits per heavy atom. The van der Waals surface area contributed by atoms with Gasteiger partial charge in [0.1, 0.15) is 0 Å². The van der Waals surface area contributed by atoms with Crippen LogP contribution in [0.15, 0.2) is 24.5 Å². The molecule has 1 amide bonds. The van der Waals surface area contributed by atoms with Gasteiger partial charge in [-0.15, -0.1) is 0 Å². The molecule has 4 heteroatoms. The second-order valence-electron chi connectivity index (χ2n) is 5.13. The molecule has 2 aromatic rings. The van der Waals surface area contributed by atoms with Crippen LogP contribution in [0, 0.1) is 12.8 Å². The first-order chi connectivity index (χ1) is 9.08. The van der Waals surface area contributed by atoms with Crippen LogP contribution in [0.2, 0.25) is 0 Å². The molecule has 2 aromatic heterocycles. The minimum absolute atomic E-state index is 0.0589. The second-order valence-corrected chi connectivity index (χ2v) is 5.13. The zero-order valence-corrected chi connectivity index (χ0v) is 11.6. The van der Waals surface area contributed by atoms with E-state index in [-0.39, 0.29) is 5.91 Å². The summed E-state index contributed by atoms with van der Waals surface area (Å²) in [5, 5.41) is 3.83. The lowest BCUT2D eigenvalue weighted by molar-refractivity contribution is 0.0951. The highest BCUT2D eigenvalue weighted by molar-refractivity contribution is 5.98. The highest BCUT2D eigenvalue weighted by Gasteiger charge is 2.11. The van der Waals surface area contributed by atoms with E-state index in [4.69, 9.17) is 0 Å². The Hall–Kier alpha value is -1.97. The third-order valence-electron chi connectivity index (χ3n) is 3.06. The molecule has 0 bridgehead atoms. The SMILES string of the molecule is Cc1nc2ccncc2cc1C(=O)NCCC(C)C. The average molecular weight is 257 g/mol. The summed E-state index contributed by atoms with van der Waals surface area (Å²) in [6.07, 6.45) is 4.41. The van der Waals surface area contributed by atoms with Gasteiger partial charge < -0.3 is 5.32 Å². The molecule has 0 aromatic carbocycles. The van der Waals surface area contributed by atoms with Crippen molar-refractivity contribution in [3.8, 4) is 0 Å². The van der Waals surface area contributed by atoms with Gasteiger partial charge in [0, 0.05) is 24.3 Å². The van der Waals surface area contributed by atoms with Crippen molar-refractivity contribution in [1.82, 2.24) is 15.3 Å². The topological polar surface area (TPSA) is 54.9 Å². The van der Waals surface area contributed by atoms with Crippen molar-refractivity contribution < 1.29 is 4.79 Å². The van der Waals surface area contributed by atoms with Gasteiger partial charge in [-0.05, 0) is 31.4 Å². The molecule has 100 valence electrons. The monoisotopic (exact) mass is 257 g/mol. The first kappa shape index (κ1) is 13.5. The molecule has 0 spiro atoms. The Balaban J connectivity index is 2.19. The maximum absolute atomic E-state index is 12.1. The van der Waals surface area contributed by atoms with Crippen LogP contribution >= 0.6 is 0 Å². The van der Waals surface area contributed by atoms with Crippen molar-refractivity contribution >= 4 is 16.8 Å². The fourth-order valence-corrected chi connectivity index (χ4v) is 1.91.